The van der Waals surface area contributed by atoms with Crippen molar-refractivity contribution in [2.75, 3.05) is 0 Å². The maximum absolute atomic E-state index is 6.62. The molecule has 188 valence electrons. The van der Waals surface area contributed by atoms with Crippen molar-refractivity contribution in [3.63, 3.8) is 0 Å². The van der Waals surface area contributed by atoms with Crippen LogP contribution in [0.15, 0.2) is 121 Å². The van der Waals surface area contributed by atoms with Crippen molar-refractivity contribution in [1.82, 2.24) is 0 Å². The van der Waals surface area contributed by atoms with Crippen LogP contribution in [0.3, 0.4) is 0 Å². The molecule has 0 saturated heterocycles. The number of rotatable bonds is 6. The van der Waals surface area contributed by atoms with Crippen LogP contribution in [0.5, 0.6) is 11.5 Å². The molecule has 6 aromatic rings. The fourth-order valence-corrected chi connectivity index (χ4v) is 4.93. The van der Waals surface area contributed by atoms with Gasteiger partial charge in [0.15, 0.2) is 0 Å². The van der Waals surface area contributed by atoms with Crippen molar-refractivity contribution in [3.8, 4) is 11.5 Å². The Balaban J connectivity index is 1.34. The van der Waals surface area contributed by atoms with Gasteiger partial charge in [-0.05, 0) is 59.0 Å². The first kappa shape index (κ1) is 24.5. The van der Waals surface area contributed by atoms with Crippen LogP contribution >= 0.6 is 0 Å². The van der Waals surface area contributed by atoms with Crippen molar-refractivity contribution in [2.24, 2.45) is 0 Å². The summed E-state index contributed by atoms with van der Waals surface area (Å²) >= 11 is 0. The number of hydrogen-bond donors (Lipinski definition) is 0. The molecule has 39 heavy (non-hydrogen) atoms. The number of benzene rings is 6. The highest BCUT2D eigenvalue weighted by molar-refractivity contribution is 5.99. The first-order valence-corrected chi connectivity index (χ1v) is 13.3. The summed E-state index contributed by atoms with van der Waals surface area (Å²) in [6.07, 6.45) is 8.69. The van der Waals surface area contributed by atoms with E-state index in [1.54, 1.807) is 0 Å². The summed E-state index contributed by atoms with van der Waals surface area (Å²) < 4.78 is 6.62. The highest BCUT2D eigenvalue weighted by Crippen LogP contribution is 2.36. The molecular weight excluding hydrogens is 472 g/mol. The second-order valence-corrected chi connectivity index (χ2v) is 9.99. The van der Waals surface area contributed by atoms with Gasteiger partial charge in [-0.25, -0.2) is 0 Å². The normalized spacial score (nSPS) is 11.6. The molecule has 0 fully saturated rings. The molecule has 0 unspecified atom stereocenters. The van der Waals surface area contributed by atoms with Crippen molar-refractivity contribution >= 4 is 45.8 Å². The number of hydrogen-bond acceptors (Lipinski definition) is 1. The Labute approximate surface area is 230 Å². The van der Waals surface area contributed by atoms with Crippen molar-refractivity contribution in [2.45, 2.75) is 13.8 Å². The highest BCUT2D eigenvalue weighted by Gasteiger charge is 2.09. The number of fused-ring (bicyclic) bond motifs is 2. The van der Waals surface area contributed by atoms with Gasteiger partial charge in [0, 0.05) is 10.8 Å². The molecule has 0 aliphatic rings. The summed E-state index contributed by atoms with van der Waals surface area (Å²) in [5, 5.41) is 4.52. The lowest BCUT2D eigenvalue weighted by Crippen LogP contribution is -1.89. The van der Waals surface area contributed by atoms with Gasteiger partial charge in [0.25, 0.3) is 0 Å². The molecule has 0 saturated carbocycles. The largest absolute Gasteiger partial charge is 0.456 e. The van der Waals surface area contributed by atoms with Gasteiger partial charge in [-0.1, -0.05) is 145 Å². The Morgan fingerprint density at radius 3 is 1.21 bits per heavy atom. The maximum Gasteiger partial charge on any atom is 0.135 e. The molecule has 0 aromatic heterocycles. The zero-order valence-corrected chi connectivity index (χ0v) is 22.3. The predicted molar refractivity (Wildman–Crippen MR) is 168 cm³/mol. The highest BCUT2D eigenvalue weighted by atomic mass is 16.5. The van der Waals surface area contributed by atoms with Crippen molar-refractivity contribution in [1.29, 1.82) is 0 Å². The lowest BCUT2D eigenvalue weighted by Gasteiger charge is -2.13. The van der Waals surface area contributed by atoms with Gasteiger partial charge < -0.3 is 4.74 Å². The second-order valence-electron chi connectivity index (χ2n) is 9.99. The van der Waals surface area contributed by atoms with E-state index in [9.17, 15) is 0 Å². The zero-order chi connectivity index (χ0) is 26.6. The lowest BCUT2D eigenvalue weighted by molar-refractivity contribution is 0.494. The van der Waals surface area contributed by atoms with Crippen LogP contribution in [0.2, 0.25) is 0 Å². The van der Waals surface area contributed by atoms with Crippen LogP contribution in [0.25, 0.3) is 45.8 Å². The van der Waals surface area contributed by atoms with E-state index in [-0.39, 0.29) is 0 Å². The monoisotopic (exact) mass is 502 g/mol. The Morgan fingerprint density at radius 2 is 0.769 bits per heavy atom. The molecule has 0 radical (unpaired) electrons. The molecule has 0 N–H and O–H groups in total. The van der Waals surface area contributed by atoms with E-state index >= 15 is 0 Å². The van der Waals surface area contributed by atoms with E-state index in [1.165, 1.54) is 44.2 Å². The topological polar surface area (TPSA) is 9.23 Å². The third kappa shape index (κ3) is 5.39. The smallest absolute Gasteiger partial charge is 0.135 e. The molecule has 6 rings (SSSR count). The molecule has 0 bridgehead atoms. The number of aryl methyl sites for hydroxylation is 2. The van der Waals surface area contributed by atoms with Crippen LogP contribution in [-0.2, 0) is 0 Å². The zero-order valence-electron chi connectivity index (χ0n) is 22.3. The summed E-state index contributed by atoms with van der Waals surface area (Å²) in [5.41, 5.74) is 7.24. The van der Waals surface area contributed by atoms with Gasteiger partial charge in [-0.15, -0.1) is 0 Å². The average molecular weight is 503 g/mol. The summed E-state index contributed by atoms with van der Waals surface area (Å²) in [4.78, 5) is 0. The molecule has 0 aliphatic heterocycles. The van der Waals surface area contributed by atoms with Crippen LogP contribution in [0, 0.1) is 13.8 Å². The minimum atomic E-state index is 0.853. The molecule has 1 heteroatoms. The molecule has 0 aliphatic carbocycles. The van der Waals surface area contributed by atoms with Crippen LogP contribution in [0.4, 0.5) is 0 Å². The van der Waals surface area contributed by atoms with Crippen LogP contribution in [0.1, 0.15) is 33.4 Å². The third-order valence-electron chi connectivity index (χ3n) is 7.12. The fourth-order valence-electron chi connectivity index (χ4n) is 4.93. The van der Waals surface area contributed by atoms with Gasteiger partial charge in [0.2, 0.25) is 0 Å². The molecule has 0 spiro atoms. The summed E-state index contributed by atoms with van der Waals surface area (Å²) in [5.74, 6) is 1.71. The third-order valence-corrected chi connectivity index (χ3v) is 7.12. The SMILES string of the molecule is Cc1ccc(/C=C/c2cccc3c(Oc4cccc5c(/C=C/c6ccc(C)cc6)cccc45)cccc23)cc1. The van der Waals surface area contributed by atoms with E-state index in [1.807, 2.05) is 0 Å². The van der Waals surface area contributed by atoms with Crippen LogP contribution in [-0.4, -0.2) is 0 Å². The Bertz CT molecular complexity index is 1680. The van der Waals surface area contributed by atoms with Gasteiger partial charge in [0.1, 0.15) is 11.5 Å². The van der Waals surface area contributed by atoms with E-state index in [0.29, 0.717) is 0 Å². The second kappa shape index (κ2) is 10.8. The molecule has 0 amide bonds. The average Bonchev–Trinajstić information content (AvgIpc) is 2.97. The van der Waals surface area contributed by atoms with E-state index in [4.69, 9.17) is 4.74 Å². The van der Waals surface area contributed by atoms with Gasteiger partial charge in [-0.2, -0.15) is 0 Å². The standard InChI is InChI=1S/C38H30O/c1-27-15-19-29(20-16-27)23-25-31-7-3-11-35-33(31)9-5-13-37(35)39-38-14-6-10-34-32(8-4-12-36(34)38)26-24-30-21-17-28(2)18-22-30/h3-26H,1-2H3/b25-23+,26-24+. The van der Waals surface area contributed by atoms with E-state index < -0.39 is 0 Å². The van der Waals surface area contributed by atoms with Gasteiger partial charge >= 0.3 is 0 Å². The molecule has 0 heterocycles. The quantitative estimate of drug-likeness (QED) is 0.206. The fraction of sp³-hybridized carbons (Fsp3) is 0.0526. The molecule has 1 nitrogen and oxygen atoms in total. The summed E-state index contributed by atoms with van der Waals surface area (Å²) in [7, 11) is 0. The first-order valence-electron chi connectivity index (χ1n) is 13.3. The first-order chi connectivity index (χ1) is 19.1. The Morgan fingerprint density at radius 1 is 0.385 bits per heavy atom. The molecule has 6 aromatic carbocycles. The Hall–Kier alpha value is -4.88. The van der Waals surface area contributed by atoms with Gasteiger partial charge in [-0.3, -0.25) is 0 Å². The summed E-state index contributed by atoms with van der Waals surface area (Å²) in [6.45, 7) is 4.22. The minimum absolute atomic E-state index is 0.853. The summed E-state index contributed by atoms with van der Waals surface area (Å²) in [6, 6.07) is 42.5. The van der Waals surface area contributed by atoms with Gasteiger partial charge in [0.05, 0.1) is 0 Å². The van der Waals surface area contributed by atoms with Crippen LogP contribution < -0.4 is 4.74 Å². The predicted octanol–water partition coefficient (Wildman–Crippen LogP) is 10.7. The van der Waals surface area contributed by atoms with E-state index in [2.05, 4.69) is 159 Å². The minimum Gasteiger partial charge on any atom is -0.456 e. The van der Waals surface area contributed by atoms with Crippen molar-refractivity contribution < 1.29 is 4.74 Å². The lowest BCUT2D eigenvalue weighted by atomic mass is 10.0. The van der Waals surface area contributed by atoms with E-state index in [0.717, 1.165) is 22.3 Å². The molecule has 0 atom stereocenters. The molecular formula is C38H30O. The Kier molecular flexibility index (Phi) is 6.80. The maximum atomic E-state index is 6.62. The number of ether oxygens (including phenoxy) is 1. The van der Waals surface area contributed by atoms with Crippen molar-refractivity contribution in [3.05, 3.63) is 155 Å².